The second-order valence-electron chi connectivity index (χ2n) is 5.53. The molecule has 0 radical (unpaired) electrons. The van der Waals surface area contributed by atoms with Crippen molar-refractivity contribution >= 4 is 27.5 Å². The van der Waals surface area contributed by atoms with Gasteiger partial charge in [0.05, 0.1) is 16.8 Å². The first-order valence-corrected chi connectivity index (χ1v) is 9.98. The molecule has 2 heterocycles. The SMILES string of the molecule is CCN(C(=O)[C@@H](C)Sc1nnc(C)n1C)[C@H]1CCS(=O)(=O)C1. The lowest BCUT2D eigenvalue weighted by molar-refractivity contribution is -0.131. The fraction of sp³-hybridized carbons (Fsp3) is 0.769. The number of hydrogen-bond acceptors (Lipinski definition) is 6. The van der Waals surface area contributed by atoms with Gasteiger partial charge in [-0.3, -0.25) is 4.79 Å². The van der Waals surface area contributed by atoms with Crippen LogP contribution in [0, 0.1) is 6.92 Å². The molecular formula is C13H22N4O3S2. The summed E-state index contributed by atoms with van der Waals surface area (Å²) in [7, 11) is -1.14. The van der Waals surface area contributed by atoms with Gasteiger partial charge in [-0.05, 0) is 27.2 Å². The first-order valence-electron chi connectivity index (χ1n) is 7.28. The van der Waals surface area contributed by atoms with E-state index in [-0.39, 0.29) is 28.7 Å². The van der Waals surface area contributed by atoms with Crippen molar-refractivity contribution in [2.45, 2.75) is 43.6 Å². The molecule has 0 aliphatic carbocycles. The molecule has 1 fully saturated rings. The van der Waals surface area contributed by atoms with Crippen LogP contribution < -0.4 is 0 Å². The van der Waals surface area contributed by atoms with Gasteiger partial charge < -0.3 is 9.47 Å². The summed E-state index contributed by atoms with van der Waals surface area (Å²) in [6.45, 7) is 6.07. The minimum absolute atomic E-state index is 0.0461. The lowest BCUT2D eigenvalue weighted by Crippen LogP contribution is -2.44. The predicted molar refractivity (Wildman–Crippen MR) is 85.5 cm³/mol. The van der Waals surface area contributed by atoms with Crippen molar-refractivity contribution in [2.24, 2.45) is 7.05 Å². The summed E-state index contributed by atoms with van der Waals surface area (Å²) < 4.78 is 25.1. The number of carbonyl (C=O) groups excluding carboxylic acids is 1. The molecule has 124 valence electrons. The lowest BCUT2D eigenvalue weighted by atomic mass is 10.2. The molecule has 0 N–H and O–H groups in total. The molecule has 2 rings (SSSR count). The van der Waals surface area contributed by atoms with Crippen LogP contribution in [-0.2, 0) is 21.7 Å². The summed E-state index contributed by atoms with van der Waals surface area (Å²) in [5.74, 6) is 0.991. The summed E-state index contributed by atoms with van der Waals surface area (Å²) in [4.78, 5) is 14.3. The molecule has 22 heavy (non-hydrogen) atoms. The highest BCUT2D eigenvalue weighted by Gasteiger charge is 2.35. The summed E-state index contributed by atoms with van der Waals surface area (Å²) >= 11 is 1.35. The van der Waals surface area contributed by atoms with E-state index in [1.807, 2.05) is 32.4 Å². The zero-order valence-electron chi connectivity index (χ0n) is 13.3. The fourth-order valence-electron chi connectivity index (χ4n) is 2.55. The molecule has 0 saturated carbocycles. The van der Waals surface area contributed by atoms with Crippen LogP contribution in [0.5, 0.6) is 0 Å². The Morgan fingerprint density at radius 2 is 2.18 bits per heavy atom. The van der Waals surface area contributed by atoms with Gasteiger partial charge in [-0.1, -0.05) is 11.8 Å². The molecule has 0 spiro atoms. The van der Waals surface area contributed by atoms with E-state index in [4.69, 9.17) is 0 Å². The standard InChI is InChI=1S/C13H22N4O3S2/c1-5-17(11-6-7-22(19,20)8-11)12(18)9(2)21-13-15-14-10(3)16(13)4/h9,11H,5-8H2,1-4H3/t9-,11+/m1/s1. The van der Waals surface area contributed by atoms with Gasteiger partial charge in [0.25, 0.3) is 0 Å². The van der Waals surface area contributed by atoms with Gasteiger partial charge in [-0.25, -0.2) is 8.42 Å². The fourth-order valence-corrected chi connectivity index (χ4v) is 5.21. The van der Waals surface area contributed by atoms with E-state index in [1.165, 1.54) is 11.8 Å². The van der Waals surface area contributed by atoms with Crippen molar-refractivity contribution in [3.63, 3.8) is 0 Å². The molecule has 0 aromatic carbocycles. The quantitative estimate of drug-likeness (QED) is 0.728. The number of thioether (sulfide) groups is 1. The molecule has 0 unspecified atom stereocenters. The second-order valence-corrected chi connectivity index (χ2v) is 9.07. The third-order valence-electron chi connectivity index (χ3n) is 3.96. The van der Waals surface area contributed by atoms with Crippen LogP contribution in [0.4, 0.5) is 0 Å². The molecule has 1 aromatic heterocycles. The molecular weight excluding hydrogens is 324 g/mol. The maximum absolute atomic E-state index is 12.6. The number of sulfone groups is 1. The van der Waals surface area contributed by atoms with Crippen LogP contribution in [0.15, 0.2) is 5.16 Å². The molecule has 2 atom stereocenters. The molecule has 1 amide bonds. The van der Waals surface area contributed by atoms with Crippen LogP contribution in [0.25, 0.3) is 0 Å². The Kier molecular flexibility index (Phi) is 5.16. The lowest BCUT2D eigenvalue weighted by Gasteiger charge is -2.29. The number of nitrogens with zero attached hydrogens (tertiary/aromatic N) is 4. The maximum atomic E-state index is 12.6. The third kappa shape index (κ3) is 3.62. The van der Waals surface area contributed by atoms with E-state index in [0.29, 0.717) is 18.1 Å². The van der Waals surface area contributed by atoms with E-state index < -0.39 is 9.84 Å². The molecule has 1 aromatic rings. The highest BCUT2D eigenvalue weighted by atomic mass is 32.2. The molecule has 9 heteroatoms. The van der Waals surface area contributed by atoms with E-state index in [9.17, 15) is 13.2 Å². The van der Waals surface area contributed by atoms with E-state index in [1.54, 1.807) is 4.90 Å². The molecule has 7 nitrogen and oxygen atoms in total. The van der Waals surface area contributed by atoms with E-state index in [0.717, 1.165) is 5.82 Å². The molecule has 1 aliphatic heterocycles. The Labute approximate surface area is 135 Å². The number of aryl methyl sites for hydroxylation is 1. The second kappa shape index (κ2) is 6.57. The van der Waals surface area contributed by atoms with Crippen LogP contribution in [-0.4, -0.2) is 63.3 Å². The van der Waals surface area contributed by atoms with Gasteiger partial charge in [0.15, 0.2) is 15.0 Å². The Bertz CT molecular complexity index is 656. The van der Waals surface area contributed by atoms with Crippen molar-refractivity contribution in [2.75, 3.05) is 18.1 Å². The van der Waals surface area contributed by atoms with Crippen molar-refractivity contribution in [3.05, 3.63) is 5.82 Å². The number of amides is 1. The predicted octanol–water partition coefficient (Wildman–Crippen LogP) is 0.640. The highest BCUT2D eigenvalue weighted by molar-refractivity contribution is 8.00. The van der Waals surface area contributed by atoms with E-state index in [2.05, 4.69) is 10.2 Å². The van der Waals surface area contributed by atoms with Crippen molar-refractivity contribution in [1.82, 2.24) is 19.7 Å². The summed E-state index contributed by atoms with van der Waals surface area (Å²) in [6.07, 6.45) is 0.530. The highest BCUT2D eigenvalue weighted by Crippen LogP contribution is 2.25. The molecule has 1 saturated heterocycles. The van der Waals surface area contributed by atoms with E-state index >= 15 is 0 Å². The molecule has 1 aliphatic rings. The van der Waals surface area contributed by atoms with Gasteiger partial charge in [-0.15, -0.1) is 10.2 Å². The summed E-state index contributed by atoms with van der Waals surface area (Å²) in [5, 5.41) is 8.39. The number of hydrogen-bond donors (Lipinski definition) is 0. The van der Waals surface area contributed by atoms with Crippen LogP contribution in [0.1, 0.15) is 26.1 Å². The smallest absolute Gasteiger partial charge is 0.236 e. The minimum atomic E-state index is -3.00. The van der Waals surface area contributed by atoms with Crippen molar-refractivity contribution in [3.8, 4) is 0 Å². The Hall–Kier alpha value is -1.09. The van der Waals surface area contributed by atoms with Crippen LogP contribution in [0.3, 0.4) is 0 Å². The van der Waals surface area contributed by atoms with Gasteiger partial charge >= 0.3 is 0 Å². The Morgan fingerprint density at radius 1 is 1.50 bits per heavy atom. The maximum Gasteiger partial charge on any atom is 0.236 e. The monoisotopic (exact) mass is 346 g/mol. The zero-order valence-corrected chi connectivity index (χ0v) is 14.9. The third-order valence-corrected chi connectivity index (χ3v) is 6.83. The Balaban J connectivity index is 2.06. The zero-order chi connectivity index (χ0) is 16.5. The first kappa shape index (κ1) is 17.3. The van der Waals surface area contributed by atoms with Gasteiger partial charge in [0, 0.05) is 19.6 Å². The van der Waals surface area contributed by atoms with Crippen molar-refractivity contribution < 1.29 is 13.2 Å². The Morgan fingerprint density at radius 3 is 2.64 bits per heavy atom. The van der Waals surface area contributed by atoms with Crippen LogP contribution >= 0.6 is 11.8 Å². The van der Waals surface area contributed by atoms with Gasteiger partial charge in [0.2, 0.25) is 5.91 Å². The summed E-state index contributed by atoms with van der Waals surface area (Å²) in [5.41, 5.74) is 0. The van der Waals surface area contributed by atoms with Gasteiger partial charge in [-0.2, -0.15) is 0 Å². The van der Waals surface area contributed by atoms with Gasteiger partial charge in [0.1, 0.15) is 5.82 Å². The minimum Gasteiger partial charge on any atom is -0.338 e. The summed E-state index contributed by atoms with van der Waals surface area (Å²) in [6, 6.07) is -0.202. The average Bonchev–Trinajstić information content (AvgIpc) is 2.96. The number of aromatic nitrogens is 3. The largest absolute Gasteiger partial charge is 0.338 e. The van der Waals surface area contributed by atoms with Crippen molar-refractivity contribution in [1.29, 1.82) is 0 Å². The first-order chi connectivity index (χ1) is 10.2. The normalized spacial score (nSPS) is 21.7. The van der Waals surface area contributed by atoms with Crippen LogP contribution in [0.2, 0.25) is 0 Å². The topological polar surface area (TPSA) is 85.2 Å². The molecule has 0 bridgehead atoms. The number of rotatable bonds is 5. The average molecular weight is 346 g/mol. The number of carbonyl (C=O) groups is 1.